The van der Waals surface area contributed by atoms with Crippen LogP contribution < -0.4 is 0 Å². The van der Waals surface area contributed by atoms with Gasteiger partial charge < -0.3 is 9.84 Å². The average Bonchev–Trinajstić information content (AvgIpc) is 2.19. The molecule has 1 aromatic carbocycles. The summed E-state index contributed by atoms with van der Waals surface area (Å²) in [5, 5.41) is 8.88. The molecular formula is C10H11F3O2. The van der Waals surface area contributed by atoms with Crippen LogP contribution in [-0.4, -0.2) is 18.8 Å². The molecule has 1 N–H and O–H groups in total. The summed E-state index contributed by atoms with van der Waals surface area (Å²) in [4.78, 5) is 0. The second kappa shape index (κ2) is 4.63. The Kier molecular flexibility index (Phi) is 3.71. The first-order valence-corrected chi connectivity index (χ1v) is 4.30. The highest BCUT2D eigenvalue weighted by molar-refractivity contribution is 5.31. The molecule has 15 heavy (non-hydrogen) atoms. The third kappa shape index (κ3) is 2.70. The zero-order valence-electron chi connectivity index (χ0n) is 8.08. The highest BCUT2D eigenvalue weighted by Crippen LogP contribution is 2.35. The van der Waals surface area contributed by atoms with Crippen LogP contribution in [0.3, 0.4) is 0 Å². The first-order chi connectivity index (χ1) is 7.00. The van der Waals surface area contributed by atoms with Crippen molar-refractivity contribution in [2.45, 2.75) is 12.3 Å². The number of methoxy groups -OCH3 is 1. The maximum atomic E-state index is 12.5. The summed E-state index contributed by atoms with van der Waals surface area (Å²) in [6, 6.07) is 5.05. The smallest absolute Gasteiger partial charge is 0.393 e. The van der Waals surface area contributed by atoms with E-state index < -0.39 is 24.5 Å². The normalized spacial score (nSPS) is 13.9. The van der Waals surface area contributed by atoms with Crippen molar-refractivity contribution in [2.24, 2.45) is 0 Å². The van der Waals surface area contributed by atoms with Gasteiger partial charge in [0.15, 0.2) is 0 Å². The highest BCUT2D eigenvalue weighted by Gasteiger charge is 2.34. The number of aliphatic hydroxyl groups is 1. The number of ether oxygens (including phenoxy) is 1. The van der Waals surface area contributed by atoms with Crippen LogP contribution in [-0.2, 0) is 10.9 Å². The van der Waals surface area contributed by atoms with Crippen LogP contribution in [0.25, 0.3) is 0 Å². The molecule has 0 heterocycles. The highest BCUT2D eigenvalue weighted by atomic mass is 19.4. The number of alkyl halides is 3. The van der Waals surface area contributed by atoms with E-state index in [4.69, 9.17) is 9.84 Å². The van der Waals surface area contributed by atoms with Crippen molar-refractivity contribution >= 4 is 0 Å². The van der Waals surface area contributed by atoms with Crippen molar-refractivity contribution in [3.8, 4) is 0 Å². The van der Waals surface area contributed by atoms with E-state index in [0.29, 0.717) is 0 Å². The first kappa shape index (κ1) is 12.0. The fourth-order valence-electron chi connectivity index (χ4n) is 1.34. The predicted molar refractivity (Wildman–Crippen MR) is 48.3 cm³/mol. The Morgan fingerprint density at radius 3 is 2.40 bits per heavy atom. The molecule has 1 rings (SSSR count). The number of halogens is 3. The molecule has 0 amide bonds. The Hall–Kier alpha value is -1.07. The number of aliphatic hydroxyl groups excluding tert-OH is 1. The fraction of sp³-hybridized carbons (Fsp3) is 0.400. The largest absolute Gasteiger partial charge is 0.416 e. The van der Waals surface area contributed by atoms with Crippen molar-refractivity contribution < 1.29 is 23.0 Å². The van der Waals surface area contributed by atoms with Crippen molar-refractivity contribution in [3.63, 3.8) is 0 Å². The Morgan fingerprint density at radius 2 is 1.93 bits per heavy atom. The van der Waals surface area contributed by atoms with Crippen LogP contribution >= 0.6 is 0 Å². The second-order valence-corrected chi connectivity index (χ2v) is 2.99. The Labute approximate surface area is 85.3 Å². The van der Waals surface area contributed by atoms with Crippen LogP contribution in [0.4, 0.5) is 13.2 Å². The van der Waals surface area contributed by atoms with Gasteiger partial charge in [-0.1, -0.05) is 18.2 Å². The Bertz CT molecular complexity index is 319. The molecule has 1 aromatic rings. The van der Waals surface area contributed by atoms with Crippen LogP contribution in [0.15, 0.2) is 24.3 Å². The van der Waals surface area contributed by atoms with Gasteiger partial charge in [0.05, 0.1) is 12.2 Å². The number of hydrogen-bond acceptors (Lipinski definition) is 2. The van der Waals surface area contributed by atoms with Crippen molar-refractivity contribution in [1.29, 1.82) is 0 Å². The lowest BCUT2D eigenvalue weighted by molar-refractivity contribution is -0.139. The lowest BCUT2D eigenvalue weighted by Crippen LogP contribution is -2.15. The van der Waals surface area contributed by atoms with Crippen molar-refractivity contribution in [1.82, 2.24) is 0 Å². The van der Waals surface area contributed by atoms with Gasteiger partial charge in [-0.15, -0.1) is 0 Å². The Balaban J connectivity index is 3.17. The molecule has 1 unspecified atom stereocenters. The average molecular weight is 220 g/mol. The molecule has 84 valence electrons. The van der Waals surface area contributed by atoms with E-state index >= 15 is 0 Å². The van der Waals surface area contributed by atoms with Gasteiger partial charge in [0, 0.05) is 7.11 Å². The summed E-state index contributed by atoms with van der Waals surface area (Å²) in [5.74, 6) is 0. The number of rotatable bonds is 3. The van der Waals surface area contributed by atoms with Crippen molar-refractivity contribution in [2.75, 3.05) is 13.7 Å². The van der Waals surface area contributed by atoms with Gasteiger partial charge >= 0.3 is 6.18 Å². The second-order valence-electron chi connectivity index (χ2n) is 2.99. The van der Waals surface area contributed by atoms with E-state index in [9.17, 15) is 13.2 Å². The van der Waals surface area contributed by atoms with Gasteiger partial charge in [-0.05, 0) is 11.6 Å². The summed E-state index contributed by atoms with van der Waals surface area (Å²) in [5.41, 5.74) is -0.819. The van der Waals surface area contributed by atoms with E-state index in [1.54, 1.807) is 0 Å². The number of benzene rings is 1. The van der Waals surface area contributed by atoms with Crippen molar-refractivity contribution in [3.05, 3.63) is 35.4 Å². The van der Waals surface area contributed by atoms with Gasteiger partial charge in [0.25, 0.3) is 0 Å². The molecule has 5 heteroatoms. The summed E-state index contributed by atoms with van der Waals surface area (Å²) in [6.07, 6.45) is -5.37. The minimum atomic E-state index is -4.43. The molecule has 0 spiro atoms. The minimum absolute atomic E-state index is 0.0463. The fourth-order valence-corrected chi connectivity index (χ4v) is 1.34. The summed E-state index contributed by atoms with van der Waals surface area (Å²) in [6.45, 7) is -0.483. The third-order valence-electron chi connectivity index (χ3n) is 2.06. The molecule has 0 bridgehead atoms. The van der Waals surface area contributed by atoms with E-state index in [1.807, 2.05) is 0 Å². The molecule has 0 saturated heterocycles. The molecule has 2 nitrogen and oxygen atoms in total. The summed E-state index contributed by atoms with van der Waals surface area (Å²) >= 11 is 0. The van der Waals surface area contributed by atoms with Crippen LogP contribution in [0.2, 0.25) is 0 Å². The standard InChI is InChI=1S/C10H11F3O2/c1-15-9(6-14)7-4-2-3-5-8(7)10(11,12)13/h2-5,9,14H,6H2,1H3. The van der Waals surface area contributed by atoms with E-state index in [2.05, 4.69) is 0 Å². The quantitative estimate of drug-likeness (QED) is 0.847. The zero-order valence-corrected chi connectivity index (χ0v) is 8.08. The van der Waals surface area contributed by atoms with E-state index in [-0.39, 0.29) is 5.56 Å². The lowest BCUT2D eigenvalue weighted by atomic mass is 10.0. The topological polar surface area (TPSA) is 29.5 Å². The molecule has 1 atom stereocenters. The lowest BCUT2D eigenvalue weighted by Gasteiger charge is -2.18. The molecule has 0 aliphatic carbocycles. The van der Waals surface area contributed by atoms with E-state index in [0.717, 1.165) is 6.07 Å². The number of hydrogen-bond donors (Lipinski definition) is 1. The van der Waals surface area contributed by atoms with E-state index in [1.165, 1.54) is 25.3 Å². The maximum absolute atomic E-state index is 12.5. The van der Waals surface area contributed by atoms with Gasteiger partial charge in [-0.3, -0.25) is 0 Å². The first-order valence-electron chi connectivity index (χ1n) is 4.30. The van der Waals surface area contributed by atoms with Crippen LogP contribution in [0.1, 0.15) is 17.2 Å². The molecule has 0 saturated carbocycles. The predicted octanol–water partition coefficient (Wildman–Crippen LogP) is 2.39. The van der Waals surface area contributed by atoms with Crippen LogP contribution in [0, 0.1) is 0 Å². The SMILES string of the molecule is COC(CO)c1ccccc1C(F)(F)F. The third-order valence-corrected chi connectivity index (χ3v) is 2.06. The van der Waals surface area contributed by atoms with Gasteiger partial charge in [-0.25, -0.2) is 0 Å². The molecule has 0 fully saturated rings. The summed E-state index contributed by atoms with van der Waals surface area (Å²) < 4.78 is 42.4. The zero-order chi connectivity index (χ0) is 11.5. The van der Waals surface area contributed by atoms with Gasteiger partial charge in [0.1, 0.15) is 6.10 Å². The Morgan fingerprint density at radius 1 is 1.33 bits per heavy atom. The molecule has 0 radical (unpaired) electrons. The minimum Gasteiger partial charge on any atom is -0.393 e. The molecule has 0 aromatic heterocycles. The maximum Gasteiger partial charge on any atom is 0.416 e. The monoisotopic (exact) mass is 220 g/mol. The van der Waals surface area contributed by atoms with Gasteiger partial charge in [-0.2, -0.15) is 13.2 Å². The van der Waals surface area contributed by atoms with Crippen LogP contribution in [0.5, 0.6) is 0 Å². The summed E-state index contributed by atoms with van der Waals surface area (Å²) in [7, 11) is 1.26. The molecule has 0 aliphatic rings. The molecular weight excluding hydrogens is 209 g/mol. The van der Waals surface area contributed by atoms with Gasteiger partial charge in [0.2, 0.25) is 0 Å². The molecule has 0 aliphatic heterocycles.